The molecule has 1 saturated heterocycles. The van der Waals surface area contributed by atoms with Crippen molar-refractivity contribution in [3.05, 3.63) is 69.5 Å². The number of benzene rings is 2. The number of nitrogens with zero attached hydrogens (tertiary/aromatic N) is 1. The fourth-order valence-electron chi connectivity index (χ4n) is 3.55. The molecule has 0 bridgehead atoms. The third-order valence-electron chi connectivity index (χ3n) is 5.06. The first-order valence-corrected chi connectivity index (χ1v) is 10.8. The molecule has 0 radical (unpaired) electrons. The smallest absolute Gasteiger partial charge is 0.410 e. The molecule has 2 atom stereocenters. The van der Waals surface area contributed by atoms with Crippen LogP contribution in [0.3, 0.4) is 0 Å². The molecular formula is C23H25Cl2FN2O3. The van der Waals surface area contributed by atoms with E-state index in [-0.39, 0.29) is 29.4 Å². The average molecular weight is 467 g/mol. The largest absolute Gasteiger partial charge is 0.444 e. The molecule has 2 amide bonds. The van der Waals surface area contributed by atoms with Crippen molar-refractivity contribution in [1.82, 2.24) is 10.2 Å². The minimum Gasteiger partial charge on any atom is -0.444 e. The lowest BCUT2D eigenvalue weighted by atomic mass is 9.85. The molecule has 166 valence electrons. The molecule has 3 rings (SSSR count). The molecule has 0 spiro atoms. The normalized spacial score (nSPS) is 19.1. The highest BCUT2D eigenvalue weighted by Crippen LogP contribution is 2.31. The Kier molecular flexibility index (Phi) is 7.12. The maximum Gasteiger partial charge on any atom is 0.410 e. The number of likely N-dealkylation sites (tertiary alicyclic amines) is 1. The molecule has 1 N–H and O–H groups in total. The van der Waals surface area contributed by atoms with Crippen LogP contribution in [-0.4, -0.2) is 41.6 Å². The van der Waals surface area contributed by atoms with Crippen LogP contribution in [0.15, 0.2) is 42.5 Å². The summed E-state index contributed by atoms with van der Waals surface area (Å²) < 4.78 is 19.7. The predicted octanol–water partition coefficient (Wildman–Crippen LogP) is 5.66. The number of halogens is 3. The first kappa shape index (κ1) is 23.4. The first-order valence-electron chi connectivity index (χ1n) is 10.0. The molecule has 1 fully saturated rings. The Hall–Kier alpha value is -2.31. The van der Waals surface area contributed by atoms with Gasteiger partial charge < -0.3 is 15.0 Å². The minimum atomic E-state index is -0.626. The number of ether oxygens (including phenoxy) is 1. The van der Waals surface area contributed by atoms with Gasteiger partial charge in [0.15, 0.2) is 0 Å². The van der Waals surface area contributed by atoms with Crippen molar-refractivity contribution >= 4 is 35.2 Å². The summed E-state index contributed by atoms with van der Waals surface area (Å²) in [6, 6.07) is 10.8. The predicted molar refractivity (Wildman–Crippen MR) is 119 cm³/mol. The van der Waals surface area contributed by atoms with Gasteiger partial charge in [0, 0.05) is 35.6 Å². The summed E-state index contributed by atoms with van der Waals surface area (Å²) in [5, 5.41) is 3.59. The lowest BCUT2D eigenvalue weighted by Gasteiger charge is -2.39. The monoisotopic (exact) mass is 466 g/mol. The topological polar surface area (TPSA) is 58.6 Å². The number of hydrogen-bond acceptors (Lipinski definition) is 3. The molecule has 2 aromatic rings. The van der Waals surface area contributed by atoms with E-state index in [0.29, 0.717) is 29.1 Å². The van der Waals surface area contributed by atoms with Crippen LogP contribution in [0.4, 0.5) is 9.18 Å². The van der Waals surface area contributed by atoms with Gasteiger partial charge in [-0.3, -0.25) is 4.79 Å². The van der Waals surface area contributed by atoms with Crippen molar-refractivity contribution in [3.8, 4) is 0 Å². The highest BCUT2D eigenvalue weighted by molar-refractivity contribution is 6.31. The third kappa shape index (κ3) is 6.11. The molecule has 1 unspecified atom stereocenters. The third-order valence-corrected chi connectivity index (χ3v) is 5.62. The Labute approximate surface area is 191 Å². The van der Waals surface area contributed by atoms with Gasteiger partial charge in [-0.25, -0.2) is 9.18 Å². The number of piperidine rings is 1. The van der Waals surface area contributed by atoms with Crippen LogP contribution < -0.4 is 5.32 Å². The standard InChI is InChI=1S/C23H25Cl2FN2O3/c1-23(2,3)31-22(30)28-11-10-20(27-21(29)14-4-7-16(24)8-5-14)17(13-28)15-6-9-18(25)19(26)12-15/h4-9,12,17,20H,10-11,13H2,1-3H3,(H,27,29)/t17?,20-/m1/s1. The number of nitrogens with one attached hydrogen (secondary N) is 1. The van der Waals surface area contributed by atoms with Crippen molar-refractivity contribution in [2.75, 3.05) is 13.1 Å². The molecule has 1 aliphatic rings. The number of carbonyl (C=O) groups excluding carboxylic acids is 2. The number of amides is 2. The lowest BCUT2D eigenvalue weighted by Crippen LogP contribution is -2.52. The van der Waals surface area contributed by atoms with Gasteiger partial charge in [-0.15, -0.1) is 0 Å². The Bertz CT molecular complexity index is 960. The van der Waals surface area contributed by atoms with Gasteiger partial charge >= 0.3 is 6.09 Å². The van der Waals surface area contributed by atoms with Gasteiger partial charge in [-0.05, 0) is 69.2 Å². The molecule has 0 aliphatic carbocycles. The molecule has 5 nitrogen and oxygen atoms in total. The Morgan fingerprint density at radius 1 is 1.13 bits per heavy atom. The molecular weight excluding hydrogens is 442 g/mol. The van der Waals surface area contributed by atoms with E-state index in [1.165, 1.54) is 12.1 Å². The van der Waals surface area contributed by atoms with Crippen molar-refractivity contribution in [1.29, 1.82) is 0 Å². The SMILES string of the molecule is CC(C)(C)OC(=O)N1CC[C@@H](NC(=O)c2ccc(Cl)cc2)C(c2ccc(Cl)c(F)c2)C1. The van der Waals surface area contributed by atoms with E-state index >= 15 is 0 Å². The summed E-state index contributed by atoms with van der Waals surface area (Å²) in [5.41, 5.74) is 0.495. The number of rotatable bonds is 3. The molecule has 0 aromatic heterocycles. The second-order valence-corrected chi connectivity index (χ2v) is 9.43. The maximum absolute atomic E-state index is 14.2. The quantitative estimate of drug-likeness (QED) is 0.634. The fraction of sp³-hybridized carbons (Fsp3) is 0.391. The van der Waals surface area contributed by atoms with E-state index < -0.39 is 17.5 Å². The highest BCUT2D eigenvalue weighted by Gasteiger charge is 2.35. The Balaban J connectivity index is 1.83. The van der Waals surface area contributed by atoms with Crippen molar-refractivity contribution in [2.45, 2.75) is 44.8 Å². The van der Waals surface area contributed by atoms with E-state index in [9.17, 15) is 14.0 Å². The van der Waals surface area contributed by atoms with Crippen LogP contribution in [0.1, 0.15) is 49.0 Å². The Morgan fingerprint density at radius 3 is 2.42 bits per heavy atom. The van der Waals surface area contributed by atoms with Crippen LogP contribution >= 0.6 is 23.2 Å². The second-order valence-electron chi connectivity index (χ2n) is 8.58. The number of hydrogen-bond donors (Lipinski definition) is 1. The van der Waals surface area contributed by atoms with Crippen LogP contribution in [0.25, 0.3) is 0 Å². The zero-order valence-corrected chi connectivity index (χ0v) is 19.1. The average Bonchev–Trinajstić information content (AvgIpc) is 2.69. The van der Waals surface area contributed by atoms with Gasteiger partial charge in [-0.2, -0.15) is 0 Å². The Morgan fingerprint density at radius 2 is 1.81 bits per heavy atom. The summed E-state index contributed by atoms with van der Waals surface area (Å²) in [4.78, 5) is 27.0. The molecule has 8 heteroatoms. The van der Waals surface area contributed by atoms with E-state index in [4.69, 9.17) is 27.9 Å². The first-order chi connectivity index (χ1) is 14.5. The van der Waals surface area contributed by atoms with Crippen LogP contribution in [0, 0.1) is 5.82 Å². The molecule has 0 saturated carbocycles. The summed E-state index contributed by atoms with van der Waals surface area (Å²) >= 11 is 11.7. The molecule has 2 aromatic carbocycles. The minimum absolute atomic E-state index is 0.0188. The lowest BCUT2D eigenvalue weighted by molar-refractivity contribution is 0.0177. The zero-order valence-electron chi connectivity index (χ0n) is 17.6. The van der Waals surface area contributed by atoms with Crippen molar-refractivity contribution in [3.63, 3.8) is 0 Å². The van der Waals surface area contributed by atoms with Gasteiger partial charge in [0.1, 0.15) is 11.4 Å². The molecule has 1 heterocycles. The van der Waals surface area contributed by atoms with E-state index in [2.05, 4.69) is 5.32 Å². The van der Waals surface area contributed by atoms with E-state index in [1.54, 1.807) is 56.0 Å². The maximum atomic E-state index is 14.2. The summed E-state index contributed by atoms with van der Waals surface area (Å²) in [7, 11) is 0. The van der Waals surface area contributed by atoms with Crippen LogP contribution in [0.2, 0.25) is 10.0 Å². The van der Waals surface area contributed by atoms with E-state index in [0.717, 1.165) is 0 Å². The van der Waals surface area contributed by atoms with Gasteiger partial charge in [0.05, 0.1) is 5.02 Å². The van der Waals surface area contributed by atoms with Crippen molar-refractivity contribution < 1.29 is 18.7 Å². The van der Waals surface area contributed by atoms with Gasteiger partial charge in [0.2, 0.25) is 0 Å². The van der Waals surface area contributed by atoms with Gasteiger partial charge in [-0.1, -0.05) is 29.3 Å². The van der Waals surface area contributed by atoms with Gasteiger partial charge in [0.25, 0.3) is 5.91 Å². The highest BCUT2D eigenvalue weighted by atomic mass is 35.5. The number of carbonyl (C=O) groups is 2. The summed E-state index contributed by atoms with van der Waals surface area (Å²) in [5.74, 6) is -1.13. The van der Waals surface area contributed by atoms with Crippen LogP contribution in [0.5, 0.6) is 0 Å². The van der Waals surface area contributed by atoms with E-state index in [1.807, 2.05) is 0 Å². The van der Waals surface area contributed by atoms with Crippen LogP contribution in [-0.2, 0) is 4.74 Å². The second kappa shape index (κ2) is 9.45. The fourth-order valence-corrected chi connectivity index (χ4v) is 3.79. The zero-order chi connectivity index (χ0) is 22.8. The molecule has 1 aliphatic heterocycles. The molecule has 31 heavy (non-hydrogen) atoms. The summed E-state index contributed by atoms with van der Waals surface area (Å²) in [6.07, 6.45) is 0.0578. The summed E-state index contributed by atoms with van der Waals surface area (Å²) in [6.45, 7) is 6.09. The van der Waals surface area contributed by atoms with Crippen molar-refractivity contribution in [2.24, 2.45) is 0 Å².